The van der Waals surface area contributed by atoms with E-state index >= 15 is 0 Å². The minimum Gasteiger partial charge on any atom is -0.344 e. The molecule has 0 spiro atoms. The first kappa shape index (κ1) is 14.0. The second kappa shape index (κ2) is 5.86. The molecule has 0 saturated carbocycles. The second-order valence-corrected chi connectivity index (χ2v) is 7.43. The van der Waals surface area contributed by atoms with E-state index in [0.717, 1.165) is 30.8 Å². The molecule has 4 nitrogen and oxygen atoms in total. The number of hydrogen-bond acceptors (Lipinski definition) is 4. The van der Waals surface area contributed by atoms with Crippen molar-refractivity contribution in [3.8, 4) is 6.07 Å². The van der Waals surface area contributed by atoms with E-state index in [0.29, 0.717) is 6.04 Å². The number of nitrogens with zero attached hydrogens (tertiary/aromatic N) is 3. The van der Waals surface area contributed by atoms with Gasteiger partial charge in [0.25, 0.3) is 0 Å². The highest BCUT2D eigenvalue weighted by atomic mass is 32.1. The van der Waals surface area contributed by atoms with Crippen LogP contribution >= 0.6 is 11.3 Å². The Kier molecular flexibility index (Phi) is 3.73. The van der Waals surface area contributed by atoms with Gasteiger partial charge < -0.3 is 4.98 Å². The maximum Gasteiger partial charge on any atom is 0.124 e. The van der Waals surface area contributed by atoms with E-state index in [9.17, 15) is 0 Å². The molecule has 1 aliphatic heterocycles. The molecule has 1 unspecified atom stereocenters. The Bertz CT molecular complexity index is 685. The van der Waals surface area contributed by atoms with Gasteiger partial charge in [0, 0.05) is 17.1 Å². The number of nitrogens with one attached hydrogen (secondary N) is 1. The van der Waals surface area contributed by atoms with Gasteiger partial charge in [0.1, 0.15) is 16.8 Å². The van der Waals surface area contributed by atoms with Gasteiger partial charge in [-0.1, -0.05) is 0 Å². The fourth-order valence-corrected chi connectivity index (χ4v) is 4.51. The SMILES string of the molecule is N#Cc1ccc(CN2CCCC2c2nc3c([nH]2)CCCC3)s1. The third-order valence-electron chi connectivity index (χ3n) is 4.78. The molecule has 4 rings (SSSR count). The summed E-state index contributed by atoms with van der Waals surface area (Å²) in [5.41, 5.74) is 2.67. The Morgan fingerprint density at radius 2 is 2.23 bits per heavy atom. The van der Waals surface area contributed by atoms with Crippen LogP contribution in [0.3, 0.4) is 0 Å². The molecule has 1 fully saturated rings. The molecule has 2 aromatic heterocycles. The summed E-state index contributed by atoms with van der Waals surface area (Å²) in [5, 5.41) is 8.97. The predicted octanol–water partition coefficient (Wildman–Crippen LogP) is 3.56. The number of thiophene rings is 1. The van der Waals surface area contributed by atoms with Crippen LogP contribution in [0.2, 0.25) is 0 Å². The Balaban J connectivity index is 1.53. The molecule has 0 radical (unpaired) electrons. The van der Waals surface area contributed by atoms with Crippen LogP contribution in [-0.4, -0.2) is 21.4 Å². The van der Waals surface area contributed by atoms with Crippen LogP contribution in [0, 0.1) is 11.3 Å². The maximum absolute atomic E-state index is 8.97. The van der Waals surface area contributed by atoms with Crippen molar-refractivity contribution in [2.75, 3.05) is 6.54 Å². The number of H-pyrrole nitrogens is 1. The number of fused-ring (bicyclic) bond motifs is 1. The standard InChI is InChI=1S/C17H20N4S/c18-10-12-7-8-13(22-12)11-21-9-3-6-16(21)17-19-14-4-1-2-5-15(14)20-17/h7-8,16H,1-6,9,11H2,(H,19,20). The lowest BCUT2D eigenvalue weighted by molar-refractivity contribution is 0.243. The molecule has 0 aromatic carbocycles. The molecule has 0 bridgehead atoms. The van der Waals surface area contributed by atoms with Gasteiger partial charge in [-0.05, 0) is 57.2 Å². The summed E-state index contributed by atoms with van der Waals surface area (Å²) < 4.78 is 0. The van der Waals surface area contributed by atoms with Crippen molar-refractivity contribution in [3.05, 3.63) is 39.1 Å². The van der Waals surface area contributed by atoms with Gasteiger partial charge in [-0.25, -0.2) is 4.98 Å². The van der Waals surface area contributed by atoms with Crippen LogP contribution in [0.5, 0.6) is 0 Å². The van der Waals surface area contributed by atoms with Crippen molar-refractivity contribution in [1.82, 2.24) is 14.9 Å². The molecule has 22 heavy (non-hydrogen) atoms. The summed E-state index contributed by atoms with van der Waals surface area (Å²) in [6.45, 7) is 2.05. The van der Waals surface area contributed by atoms with Gasteiger partial charge in [0.05, 0.1) is 11.7 Å². The smallest absolute Gasteiger partial charge is 0.124 e. The number of hydrogen-bond donors (Lipinski definition) is 1. The fourth-order valence-electron chi connectivity index (χ4n) is 3.68. The summed E-state index contributed by atoms with van der Waals surface area (Å²) >= 11 is 1.61. The molecule has 114 valence electrons. The average Bonchev–Trinajstić information content (AvgIpc) is 3.25. The molecule has 1 atom stereocenters. The molecule has 1 N–H and O–H groups in total. The van der Waals surface area contributed by atoms with Crippen LogP contribution in [-0.2, 0) is 19.4 Å². The molecule has 0 amide bonds. The molecule has 2 aliphatic rings. The molecule has 1 aliphatic carbocycles. The highest BCUT2D eigenvalue weighted by molar-refractivity contribution is 7.12. The molecule has 2 aromatic rings. The Morgan fingerprint density at radius 3 is 3.05 bits per heavy atom. The Morgan fingerprint density at radius 1 is 1.32 bits per heavy atom. The van der Waals surface area contributed by atoms with E-state index in [4.69, 9.17) is 10.2 Å². The van der Waals surface area contributed by atoms with Gasteiger partial charge in [-0.3, -0.25) is 4.90 Å². The van der Waals surface area contributed by atoms with E-state index in [2.05, 4.69) is 22.0 Å². The normalized spacial score (nSPS) is 21.7. The van der Waals surface area contributed by atoms with Crippen LogP contribution in [0.4, 0.5) is 0 Å². The number of likely N-dealkylation sites (tertiary alicyclic amines) is 1. The van der Waals surface area contributed by atoms with Crippen LogP contribution in [0.1, 0.15) is 58.7 Å². The number of imidazole rings is 1. The average molecular weight is 312 g/mol. The summed E-state index contributed by atoms with van der Waals surface area (Å²) in [6, 6.07) is 6.66. The van der Waals surface area contributed by atoms with E-state index in [-0.39, 0.29) is 0 Å². The Labute approximate surface area is 134 Å². The first-order chi connectivity index (χ1) is 10.8. The highest BCUT2D eigenvalue weighted by Crippen LogP contribution is 2.34. The van der Waals surface area contributed by atoms with Gasteiger partial charge in [-0.2, -0.15) is 5.26 Å². The summed E-state index contributed by atoms with van der Waals surface area (Å²) in [5.74, 6) is 1.17. The van der Waals surface area contributed by atoms with Crippen LogP contribution in [0.25, 0.3) is 0 Å². The van der Waals surface area contributed by atoms with Crippen molar-refractivity contribution < 1.29 is 0 Å². The highest BCUT2D eigenvalue weighted by Gasteiger charge is 2.30. The third kappa shape index (κ3) is 2.57. The summed E-state index contributed by atoms with van der Waals surface area (Å²) in [6.07, 6.45) is 7.27. The molecule has 5 heteroatoms. The zero-order valence-electron chi connectivity index (χ0n) is 12.6. The van der Waals surface area contributed by atoms with Crippen molar-refractivity contribution in [2.24, 2.45) is 0 Å². The second-order valence-electron chi connectivity index (χ2n) is 6.26. The lowest BCUT2D eigenvalue weighted by atomic mass is 10.0. The van der Waals surface area contributed by atoms with Crippen molar-refractivity contribution in [3.63, 3.8) is 0 Å². The first-order valence-corrected chi connectivity index (χ1v) is 8.95. The van der Waals surface area contributed by atoms with Crippen molar-refractivity contribution in [1.29, 1.82) is 5.26 Å². The third-order valence-corrected chi connectivity index (χ3v) is 5.76. The summed E-state index contributed by atoms with van der Waals surface area (Å²) in [7, 11) is 0. The molecule has 1 saturated heterocycles. The first-order valence-electron chi connectivity index (χ1n) is 8.14. The van der Waals surface area contributed by atoms with Crippen molar-refractivity contribution >= 4 is 11.3 Å². The molecular weight excluding hydrogens is 292 g/mol. The van der Waals surface area contributed by atoms with Gasteiger partial charge in [-0.15, -0.1) is 11.3 Å². The number of nitriles is 1. The minimum atomic E-state index is 0.415. The predicted molar refractivity (Wildman–Crippen MR) is 86.6 cm³/mol. The number of rotatable bonds is 3. The van der Waals surface area contributed by atoms with E-state index < -0.39 is 0 Å². The van der Waals surface area contributed by atoms with Gasteiger partial charge in [0.15, 0.2) is 0 Å². The molecular formula is C17H20N4S. The largest absolute Gasteiger partial charge is 0.344 e. The van der Waals surface area contributed by atoms with Crippen LogP contribution in [0.15, 0.2) is 12.1 Å². The monoisotopic (exact) mass is 312 g/mol. The van der Waals surface area contributed by atoms with E-state index in [1.807, 2.05) is 6.07 Å². The quantitative estimate of drug-likeness (QED) is 0.943. The molecule has 3 heterocycles. The maximum atomic E-state index is 8.97. The number of aromatic nitrogens is 2. The van der Waals surface area contributed by atoms with Crippen LogP contribution < -0.4 is 0 Å². The lowest BCUT2D eigenvalue weighted by Crippen LogP contribution is -2.23. The Hall–Kier alpha value is -1.64. The zero-order chi connectivity index (χ0) is 14.9. The van der Waals surface area contributed by atoms with E-state index in [1.165, 1.54) is 47.8 Å². The zero-order valence-corrected chi connectivity index (χ0v) is 13.5. The fraction of sp³-hybridized carbons (Fsp3) is 0.529. The summed E-state index contributed by atoms with van der Waals surface area (Å²) in [4.78, 5) is 13.1. The van der Waals surface area contributed by atoms with Crippen molar-refractivity contribution in [2.45, 2.75) is 51.1 Å². The van der Waals surface area contributed by atoms with E-state index in [1.54, 1.807) is 11.3 Å². The minimum absolute atomic E-state index is 0.415. The topological polar surface area (TPSA) is 55.7 Å². The number of aromatic amines is 1. The number of aryl methyl sites for hydroxylation is 2. The van der Waals surface area contributed by atoms with Gasteiger partial charge in [0.2, 0.25) is 0 Å². The lowest BCUT2D eigenvalue weighted by Gasteiger charge is -2.22. The van der Waals surface area contributed by atoms with Gasteiger partial charge >= 0.3 is 0 Å².